The number of rotatable bonds is 4. The number of hydrogen-bond donors (Lipinski definition) is 1. The summed E-state index contributed by atoms with van der Waals surface area (Å²) in [6.45, 7) is 2.59. The molecule has 0 saturated heterocycles. The zero-order valence-corrected chi connectivity index (χ0v) is 14.3. The minimum Gasteiger partial charge on any atom is -0.307 e. The van der Waals surface area contributed by atoms with Gasteiger partial charge in [0.15, 0.2) is 0 Å². The highest BCUT2D eigenvalue weighted by Gasteiger charge is 2.14. The molecule has 3 aromatic rings. The first kappa shape index (κ1) is 16.5. The Morgan fingerprint density at radius 3 is 2.79 bits per heavy atom. The number of pyridine rings is 1. The first-order valence-electron chi connectivity index (χ1n) is 7.23. The van der Waals surface area contributed by atoms with Crippen LogP contribution < -0.4 is 5.32 Å². The molecule has 0 unspecified atom stereocenters. The molecule has 0 spiro atoms. The maximum Gasteiger partial charge on any atom is 0.259 e. The second-order valence-corrected chi connectivity index (χ2v) is 6.03. The van der Waals surface area contributed by atoms with Gasteiger partial charge in [-0.1, -0.05) is 53.0 Å². The topological polar surface area (TPSA) is 59.8 Å². The van der Waals surface area contributed by atoms with E-state index in [-0.39, 0.29) is 21.8 Å². The third kappa shape index (κ3) is 3.75. The first-order chi connectivity index (χ1) is 11.5. The van der Waals surface area contributed by atoms with Gasteiger partial charge in [-0.25, -0.2) is 9.67 Å². The fraction of sp³-hybridized carbons (Fsp3) is 0.118. The maximum atomic E-state index is 12.4. The van der Waals surface area contributed by atoms with Crippen molar-refractivity contribution in [2.75, 3.05) is 5.32 Å². The lowest BCUT2D eigenvalue weighted by molar-refractivity contribution is 0.102. The molecule has 0 aliphatic heterocycles. The van der Waals surface area contributed by atoms with Crippen LogP contribution in [0.5, 0.6) is 0 Å². The number of amides is 1. The van der Waals surface area contributed by atoms with Crippen LogP contribution in [-0.4, -0.2) is 20.7 Å². The molecule has 3 rings (SSSR count). The molecule has 0 aliphatic rings. The van der Waals surface area contributed by atoms with E-state index in [0.717, 1.165) is 5.56 Å². The number of aromatic nitrogens is 3. The molecule has 122 valence electrons. The summed E-state index contributed by atoms with van der Waals surface area (Å²) >= 11 is 11.7. The summed E-state index contributed by atoms with van der Waals surface area (Å²) in [5, 5.41) is 7.35. The summed E-state index contributed by atoms with van der Waals surface area (Å²) in [5.41, 5.74) is 2.52. The van der Waals surface area contributed by atoms with Gasteiger partial charge in [0, 0.05) is 6.07 Å². The highest BCUT2D eigenvalue weighted by atomic mass is 35.5. The van der Waals surface area contributed by atoms with Crippen LogP contribution in [0.4, 0.5) is 5.82 Å². The Morgan fingerprint density at radius 2 is 2.04 bits per heavy atom. The molecule has 0 atom stereocenters. The molecule has 0 bridgehead atoms. The van der Waals surface area contributed by atoms with Crippen LogP contribution in [0.1, 0.15) is 21.5 Å². The van der Waals surface area contributed by atoms with E-state index < -0.39 is 0 Å². The highest BCUT2D eigenvalue weighted by molar-refractivity contribution is 6.35. The Hall–Kier alpha value is -2.37. The molecular weight excluding hydrogens is 347 g/mol. The van der Waals surface area contributed by atoms with Gasteiger partial charge in [0.2, 0.25) is 0 Å². The Morgan fingerprint density at radius 1 is 1.21 bits per heavy atom. The van der Waals surface area contributed by atoms with Crippen molar-refractivity contribution in [2.24, 2.45) is 0 Å². The fourth-order valence-corrected chi connectivity index (χ4v) is 2.74. The first-order valence-corrected chi connectivity index (χ1v) is 7.99. The van der Waals surface area contributed by atoms with Gasteiger partial charge in [-0.15, -0.1) is 0 Å². The van der Waals surface area contributed by atoms with E-state index in [2.05, 4.69) is 21.5 Å². The van der Waals surface area contributed by atoms with Crippen molar-refractivity contribution in [2.45, 2.75) is 13.5 Å². The second-order valence-electron chi connectivity index (χ2n) is 5.29. The summed E-state index contributed by atoms with van der Waals surface area (Å²) in [4.78, 5) is 16.3. The Labute approximate surface area is 149 Å². The molecule has 2 heterocycles. The maximum absolute atomic E-state index is 12.4. The number of nitrogens with zero attached hydrogens (tertiary/aromatic N) is 3. The number of carbonyl (C=O) groups excluding carboxylic acids is 1. The second kappa shape index (κ2) is 7.03. The van der Waals surface area contributed by atoms with E-state index >= 15 is 0 Å². The van der Waals surface area contributed by atoms with E-state index in [1.807, 2.05) is 25.1 Å². The molecule has 0 fully saturated rings. The van der Waals surface area contributed by atoms with Crippen molar-refractivity contribution >= 4 is 34.9 Å². The van der Waals surface area contributed by atoms with E-state index in [1.165, 1.54) is 17.7 Å². The van der Waals surface area contributed by atoms with E-state index in [9.17, 15) is 4.79 Å². The molecule has 1 amide bonds. The highest BCUT2D eigenvalue weighted by Crippen LogP contribution is 2.19. The van der Waals surface area contributed by atoms with E-state index in [4.69, 9.17) is 23.2 Å². The van der Waals surface area contributed by atoms with Gasteiger partial charge in [-0.05, 0) is 24.6 Å². The number of halogens is 2. The quantitative estimate of drug-likeness (QED) is 0.709. The third-order valence-electron chi connectivity index (χ3n) is 3.43. The van der Waals surface area contributed by atoms with Crippen LogP contribution in [0.25, 0.3) is 0 Å². The SMILES string of the molecule is Cc1cccc(Cn2nccc2NC(=O)c2ccc(Cl)nc2Cl)c1. The van der Waals surface area contributed by atoms with Gasteiger partial charge in [0.05, 0.1) is 18.3 Å². The summed E-state index contributed by atoms with van der Waals surface area (Å²) in [6.07, 6.45) is 1.63. The van der Waals surface area contributed by atoms with Gasteiger partial charge >= 0.3 is 0 Å². The van der Waals surface area contributed by atoms with E-state index in [0.29, 0.717) is 12.4 Å². The van der Waals surface area contributed by atoms with Gasteiger partial charge < -0.3 is 5.32 Å². The number of benzene rings is 1. The molecule has 1 aromatic carbocycles. The largest absolute Gasteiger partial charge is 0.307 e. The van der Waals surface area contributed by atoms with Crippen LogP contribution in [0.2, 0.25) is 10.3 Å². The Balaban J connectivity index is 1.79. The number of carbonyl (C=O) groups is 1. The van der Waals surface area contributed by atoms with Gasteiger partial charge in [-0.3, -0.25) is 4.79 Å². The van der Waals surface area contributed by atoms with E-state index in [1.54, 1.807) is 16.9 Å². The lowest BCUT2D eigenvalue weighted by Gasteiger charge is -2.10. The molecule has 7 heteroatoms. The zero-order chi connectivity index (χ0) is 17.1. The molecular formula is C17H14Cl2N4O. The summed E-state index contributed by atoms with van der Waals surface area (Å²) in [7, 11) is 0. The third-order valence-corrected chi connectivity index (χ3v) is 3.93. The smallest absolute Gasteiger partial charge is 0.259 e. The van der Waals surface area contributed by atoms with Crippen LogP contribution >= 0.6 is 23.2 Å². The minimum absolute atomic E-state index is 0.0600. The molecule has 0 radical (unpaired) electrons. The lowest BCUT2D eigenvalue weighted by Crippen LogP contribution is -2.17. The van der Waals surface area contributed by atoms with Crippen molar-refractivity contribution in [3.05, 3.63) is 75.7 Å². The fourth-order valence-electron chi connectivity index (χ4n) is 2.31. The average Bonchev–Trinajstić information content (AvgIpc) is 2.94. The molecule has 0 aliphatic carbocycles. The zero-order valence-electron chi connectivity index (χ0n) is 12.8. The number of nitrogens with one attached hydrogen (secondary N) is 1. The van der Waals surface area contributed by atoms with Crippen LogP contribution in [0.15, 0.2) is 48.7 Å². The van der Waals surface area contributed by atoms with Crippen LogP contribution in [0.3, 0.4) is 0 Å². The summed E-state index contributed by atoms with van der Waals surface area (Å²) in [5.74, 6) is 0.211. The molecule has 1 N–H and O–H groups in total. The van der Waals surface area contributed by atoms with Gasteiger partial charge in [0.1, 0.15) is 16.1 Å². The summed E-state index contributed by atoms with van der Waals surface area (Å²) < 4.78 is 1.71. The van der Waals surface area contributed by atoms with Crippen molar-refractivity contribution in [3.8, 4) is 0 Å². The Bertz CT molecular complexity index is 892. The van der Waals surface area contributed by atoms with Crippen molar-refractivity contribution < 1.29 is 4.79 Å². The van der Waals surface area contributed by atoms with Gasteiger partial charge in [0.25, 0.3) is 5.91 Å². The summed E-state index contributed by atoms with van der Waals surface area (Å²) in [6, 6.07) is 12.9. The predicted octanol–water partition coefficient (Wildman–Crippen LogP) is 4.19. The number of anilines is 1. The molecule has 5 nitrogen and oxygen atoms in total. The van der Waals surface area contributed by atoms with Crippen LogP contribution in [0, 0.1) is 6.92 Å². The lowest BCUT2D eigenvalue weighted by atomic mass is 10.1. The Kier molecular flexibility index (Phi) is 4.83. The average molecular weight is 361 g/mol. The number of aryl methyl sites for hydroxylation is 1. The van der Waals surface area contributed by atoms with Crippen molar-refractivity contribution in [3.63, 3.8) is 0 Å². The molecule has 0 saturated carbocycles. The van der Waals surface area contributed by atoms with Gasteiger partial charge in [-0.2, -0.15) is 5.10 Å². The minimum atomic E-state index is -0.366. The number of hydrogen-bond acceptors (Lipinski definition) is 3. The molecule has 2 aromatic heterocycles. The normalized spacial score (nSPS) is 10.6. The van der Waals surface area contributed by atoms with Crippen molar-refractivity contribution in [1.82, 2.24) is 14.8 Å². The van der Waals surface area contributed by atoms with Crippen LogP contribution in [-0.2, 0) is 6.54 Å². The predicted molar refractivity (Wildman–Crippen MR) is 94.7 cm³/mol. The monoisotopic (exact) mass is 360 g/mol. The standard InChI is InChI=1S/C17H14Cl2N4O/c1-11-3-2-4-12(9-11)10-23-15(7-8-20-23)22-17(24)13-5-6-14(18)21-16(13)19/h2-9H,10H2,1H3,(H,22,24). The molecule has 24 heavy (non-hydrogen) atoms. The van der Waals surface area contributed by atoms with Crippen molar-refractivity contribution in [1.29, 1.82) is 0 Å².